The maximum Gasteiger partial charge on any atom is 0.253 e. The highest BCUT2D eigenvalue weighted by atomic mass is 16.5. The number of carbonyl (C=O) groups is 2. The SMILES string of the molecule is Cc1noc(C)c1CC(=O)N1C[C@H](C)NC(=O)c2ccccc21. The van der Waals surface area contributed by atoms with Gasteiger partial charge in [0.25, 0.3) is 5.91 Å². The minimum atomic E-state index is -0.152. The van der Waals surface area contributed by atoms with Crippen LogP contribution in [0, 0.1) is 13.8 Å². The maximum absolute atomic E-state index is 12.9. The van der Waals surface area contributed by atoms with Crippen molar-refractivity contribution >= 4 is 17.5 Å². The van der Waals surface area contributed by atoms with Crippen LogP contribution in [0.3, 0.4) is 0 Å². The predicted octanol–water partition coefficient (Wildman–Crippen LogP) is 2.00. The van der Waals surface area contributed by atoms with E-state index in [0.717, 1.165) is 11.3 Å². The third-order valence-electron chi connectivity index (χ3n) is 4.08. The van der Waals surface area contributed by atoms with E-state index in [2.05, 4.69) is 10.5 Å². The number of benzene rings is 1. The van der Waals surface area contributed by atoms with E-state index in [1.165, 1.54) is 0 Å². The van der Waals surface area contributed by atoms with Gasteiger partial charge in [-0.15, -0.1) is 0 Å². The van der Waals surface area contributed by atoms with Crippen molar-refractivity contribution in [1.29, 1.82) is 0 Å². The van der Waals surface area contributed by atoms with Gasteiger partial charge < -0.3 is 14.7 Å². The normalized spacial score (nSPS) is 17.4. The molecule has 1 aliphatic heterocycles. The monoisotopic (exact) mass is 313 g/mol. The first-order chi connectivity index (χ1) is 11.0. The third-order valence-corrected chi connectivity index (χ3v) is 4.08. The predicted molar refractivity (Wildman–Crippen MR) is 85.4 cm³/mol. The first kappa shape index (κ1) is 15.3. The molecule has 0 bridgehead atoms. The number of rotatable bonds is 2. The highest BCUT2D eigenvalue weighted by Crippen LogP contribution is 2.25. The maximum atomic E-state index is 12.9. The fourth-order valence-corrected chi connectivity index (χ4v) is 2.86. The molecule has 0 fully saturated rings. The Morgan fingerprint density at radius 1 is 1.39 bits per heavy atom. The Labute approximate surface area is 134 Å². The minimum Gasteiger partial charge on any atom is -0.361 e. The molecule has 23 heavy (non-hydrogen) atoms. The van der Waals surface area contributed by atoms with E-state index >= 15 is 0 Å². The molecule has 1 N–H and O–H groups in total. The zero-order valence-corrected chi connectivity index (χ0v) is 13.4. The van der Waals surface area contributed by atoms with E-state index in [1.54, 1.807) is 30.0 Å². The van der Waals surface area contributed by atoms with E-state index in [0.29, 0.717) is 23.6 Å². The van der Waals surface area contributed by atoms with Crippen LogP contribution in [-0.2, 0) is 11.2 Å². The molecular formula is C17H19N3O3. The number of hydrogen-bond donors (Lipinski definition) is 1. The summed E-state index contributed by atoms with van der Waals surface area (Å²) in [6.07, 6.45) is 0.205. The lowest BCUT2D eigenvalue weighted by molar-refractivity contribution is -0.118. The highest BCUT2D eigenvalue weighted by molar-refractivity contribution is 6.06. The Morgan fingerprint density at radius 3 is 2.83 bits per heavy atom. The van der Waals surface area contributed by atoms with Gasteiger partial charge in [-0.1, -0.05) is 17.3 Å². The van der Waals surface area contributed by atoms with E-state index in [4.69, 9.17) is 4.52 Å². The van der Waals surface area contributed by atoms with Crippen LogP contribution in [0.2, 0.25) is 0 Å². The van der Waals surface area contributed by atoms with Crippen molar-refractivity contribution in [3.8, 4) is 0 Å². The number of para-hydroxylation sites is 1. The van der Waals surface area contributed by atoms with Crippen LogP contribution in [-0.4, -0.2) is 29.6 Å². The van der Waals surface area contributed by atoms with Crippen molar-refractivity contribution in [2.24, 2.45) is 0 Å². The van der Waals surface area contributed by atoms with E-state index in [9.17, 15) is 9.59 Å². The van der Waals surface area contributed by atoms with Gasteiger partial charge in [-0.05, 0) is 32.9 Å². The molecule has 3 rings (SSSR count). The molecule has 0 saturated heterocycles. The quantitative estimate of drug-likeness (QED) is 0.920. The van der Waals surface area contributed by atoms with Gasteiger partial charge in [0, 0.05) is 18.2 Å². The Bertz CT molecular complexity index is 747. The molecule has 0 aliphatic carbocycles. The van der Waals surface area contributed by atoms with Crippen LogP contribution in [0.15, 0.2) is 28.8 Å². The molecule has 2 aromatic rings. The van der Waals surface area contributed by atoms with Crippen LogP contribution in [0.4, 0.5) is 5.69 Å². The molecule has 120 valence electrons. The third kappa shape index (κ3) is 2.84. The standard InChI is InChI=1S/C17H19N3O3/c1-10-9-20(15-7-5-4-6-13(15)17(22)18-10)16(21)8-14-11(2)19-23-12(14)3/h4-7,10H,8-9H2,1-3H3,(H,18,22)/t10-/m0/s1. The summed E-state index contributed by atoms with van der Waals surface area (Å²) in [5.41, 5.74) is 2.69. The molecule has 2 amide bonds. The summed E-state index contributed by atoms with van der Waals surface area (Å²) in [5, 5.41) is 6.79. The summed E-state index contributed by atoms with van der Waals surface area (Å²) in [6, 6.07) is 7.05. The van der Waals surface area contributed by atoms with Crippen molar-refractivity contribution in [3.05, 3.63) is 46.8 Å². The van der Waals surface area contributed by atoms with E-state index in [-0.39, 0.29) is 24.3 Å². The van der Waals surface area contributed by atoms with Crippen molar-refractivity contribution in [2.75, 3.05) is 11.4 Å². The lowest BCUT2D eigenvalue weighted by atomic mass is 10.1. The Hall–Kier alpha value is -2.63. The average molecular weight is 313 g/mol. The Morgan fingerprint density at radius 2 is 2.13 bits per heavy atom. The van der Waals surface area contributed by atoms with Crippen LogP contribution < -0.4 is 10.2 Å². The summed E-state index contributed by atoms with van der Waals surface area (Å²) in [7, 11) is 0. The van der Waals surface area contributed by atoms with Crippen LogP contribution in [0.25, 0.3) is 0 Å². The molecular weight excluding hydrogens is 294 g/mol. The van der Waals surface area contributed by atoms with E-state index in [1.807, 2.05) is 19.9 Å². The van der Waals surface area contributed by atoms with Crippen molar-refractivity contribution < 1.29 is 14.1 Å². The lowest BCUT2D eigenvalue weighted by Gasteiger charge is -2.24. The van der Waals surface area contributed by atoms with Gasteiger partial charge in [0.1, 0.15) is 5.76 Å². The minimum absolute atomic E-state index is 0.0739. The molecule has 6 heteroatoms. The van der Waals surface area contributed by atoms with Gasteiger partial charge in [0.05, 0.1) is 23.4 Å². The molecule has 1 atom stereocenters. The number of amides is 2. The van der Waals surface area contributed by atoms with Crippen LogP contribution in [0.5, 0.6) is 0 Å². The first-order valence-corrected chi connectivity index (χ1v) is 7.59. The molecule has 0 spiro atoms. The number of aromatic nitrogens is 1. The molecule has 2 heterocycles. The molecule has 0 unspecified atom stereocenters. The second kappa shape index (κ2) is 5.87. The van der Waals surface area contributed by atoms with E-state index < -0.39 is 0 Å². The smallest absolute Gasteiger partial charge is 0.253 e. The van der Waals surface area contributed by atoms with Crippen LogP contribution >= 0.6 is 0 Å². The zero-order valence-electron chi connectivity index (χ0n) is 13.4. The number of nitrogens with one attached hydrogen (secondary N) is 1. The molecule has 1 aliphatic rings. The van der Waals surface area contributed by atoms with Gasteiger partial charge in [-0.3, -0.25) is 9.59 Å². The largest absolute Gasteiger partial charge is 0.361 e. The highest BCUT2D eigenvalue weighted by Gasteiger charge is 2.28. The van der Waals surface area contributed by atoms with Gasteiger partial charge in [0.2, 0.25) is 5.91 Å². The van der Waals surface area contributed by atoms with Gasteiger partial charge in [0.15, 0.2) is 0 Å². The van der Waals surface area contributed by atoms with Gasteiger partial charge in [-0.25, -0.2) is 0 Å². The Balaban J connectivity index is 1.95. The average Bonchev–Trinajstić information content (AvgIpc) is 2.77. The summed E-state index contributed by atoms with van der Waals surface area (Å²) < 4.78 is 5.13. The van der Waals surface area contributed by atoms with Crippen molar-refractivity contribution in [3.63, 3.8) is 0 Å². The summed E-state index contributed by atoms with van der Waals surface area (Å²) >= 11 is 0. The van der Waals surface area contributed by atoms with Gasteiger partial charge >= 0.3 is 0 Å². The fraction of sp³-hybridized carbons (Fsp3) is 0.353. The Kier molecular flexibility index (Phi) is 3.90. The topological polar surface area (TPSA) is 75.4 Å². The molecule has 6 nitrogen and oxygen atoms in total. The number of anilines is 1. The van der Waals surface area contributed by atoms with Crippen LogP contribution in [0.1, 0.15) is 34.3 Å². The fourth-order valence-electron chi connectivity index (χ4n) is 2.86. The molecule has 1 aromatic heterocycles. The second-order valence-corrected chi connectivity index (χ2v) is 5.88. The summed E-state index contributed by atoms with van der Waals surface area (Å²) in [6.45, 7) is 5.95. The second-order valence-electron chi connectivity index (χ2n) is 5.88. The van der Waals surface area contributed by atoms with Gasteiger partial charge in [-0.2, -0.15) is 0 Å². The van der Waals surface area contributed by atoms with Crippen molar-refractivity contribution in [2.45, 2.75) is 33.2 Å². The number of nitrogens with zero attached hydrogens (tertiary/aromatic N) is 2. The molecule has 1 aromatic carbocycles. The lowest BCUT2D eigenvalue weighted by Crippen LogP contribution is -2.41. The number of hydrogen-bond acceptors (Lipinski definition) is 4. The number of carbonyl (C=O) groups excluding carboxylic acids is 2. The first-order valence-electron chi connectivity index (χ1n) is 7.59. The zero-order chi connectivity index (χ0) is 16.6. The van der Waals surface area contributed by atoms with Crippen molar-refractivity contribution in [1.82, 2.24) is 10.5 Å². The summed E-state index contributed by atoms with van der Waals surface area (Å²) in [4.78, 5) is 26.8. The molecule has 0 saturated carbocycles. The number of aryl methyl sites for hydroxylation is 2. The summed E-state index contributed by atoms with van der Waals surface area (Å²) in [5.74, 6) is 0.428. The molecule has 0 radical (unpaired) electrons. The number of fused-ring (bicyclic) bond motifs is 1.